The minimum absolute atomic E-state index is 0.313. The first-order chi connectivity index (χ1) is 6.32. The van der Waals surface area contributed by atoms with Crippen molar-refractivity contribution in [3.05, 3.63) is 33.8 Å². The first-order valence-electron chi connectivity index (χ1n) is 3.70. The standard InChI is InChI=1S/C9H6BrF3O/c1-5(14)7-4-6(10)2-3-8(7)9(11,12)13/h2-4H,1H3. The van der Waals surface area contributed by atoms with Gasteiger partial charge in [-0.1, -0.05) is 15.9 Å². The summed E-state index contributed by atoms with van der Waals surface area (Å²) < 4.78 is 37.6. The van der Waals surface area contributed by atoms with Gasteiger partial charge in [-0.3, -0.25) is 4.79 Å². The Morgan fingerprint density at radius 3 is 2.36 bits per heavy atom. The molecule has 0 N–H and O–H groups in total. The van der Waals surface area contributed by atoms with Crippen molar-refractivity contribution in [2.75, 3.05) is 0 Å². The van der Waals surface area contributed by atoms with Gasteiger partial charge in [0.25, 0.3) is 0 Å². The van der Waals surface area contributed by atoms with Gasteiger partial charge in [-0.2, -0.15) is 13.2 Å². The summed E-state index contributed by atoms with van der Waals surface area (Å²) in [5.74, 6) is -0.598. The minimum atomic E-state index is -4.48. The average molecular weight is 267 g/mol. The summed E-state index contributed by atoms with van der Waals surface area (Å²) in [6.07, 6.45) is -4.48. The number of hydrogen-bond donors (Lipinski definition) is 0. The van der Waals surface area contributed by atoms with Crippen LogP contribution in [0, 0.1) is 0 Å². The molecule has 0 amide bonds. The van der Waals surface area contributed by atoms with Crippen LogP contribution in [-0.2, 0) is 6.18 Å². The molecule has 1 aromatic carbocycles. The maximum atomic E-state index is 12.4. The van der Waals surface area contributed by atoms with E-state index in [1.54, 1.807) is 0 Å². The Morgan fingerprint density at radius 1 is 1.36 bits per heavy atom. The molecule has 0 unspecified atom stereocenters. The highest BCUT2D eigenvalue weighted by Gasteiger charge is 2.34. The van der Waals surface area contributed by atoms with Crippen LogP contribution in [-0.4, -0.2) is 5.78 Å². The van der Waals surface area contributed by atoms with Crippen LogP contribution in [0.3, 0.4) is 0 Å². The number of hydrogen-bond acceptors (Lipinski definition) is 1. The predicted molar refractivity (Wildman–Crippen MR) is 49.1 cm³/mol. The molecule has 14 heavy (non-hydrogen) atoms. The van der Waals surface area contributed by atoms with Gasteiger partial charge in [0.1, 0.15) is 0 Å². The molecule has 0 saturated carbocycles. The predicted octanol–water partition coefficient (Wildman–Crippen LogP) is 3.67. The number of alkyl halides is 3. The van der Waals surface area contributed by atoms with Gasteiger partial charge in [-0.05, 0) is 25.1 Å². The Hall–Kier alpha value is -0.840. The molecular weight excluding hydrogens is 261 g/mol. The second-order valence-corrected chi connectivity index (χ2v) is 3.66. The Balaban J connectivity index is 3.37. The second-order valence-electron chi connectivity index (χ2n) is 2.74. The summed E-state index contributed by atoms with van der Waals surface area (Å²) in [7, 11) is 0. The lowest BCUT2D eigenvalue weighted by atomic mass is 10.0. The zero-order chi connectivity index (χ0) is 10.9. The van der Waals surface area contributed by atoms with Gasteiger partial charge in [-0.15, -0.1) is 0 Å². The summed E-state index contributed by atoms with van der Waals surface area (Å²) in [4.78, 5) is 10.9. The first kappa shape index (κ1) is 11.2. The van der Waals surface area contributed by atoms with Gasteiger partial charge in [0.05, 0.1) is 5.56 Å². The van der Waals surface area contributed by atoms with Gasteiger partial charge >= 0.3 is 6.18 Å². The molecule has 0 aromatic heterocycles. The van der Waals surface area contributed by atoms with E-state index in [4.69, 9.17) is 0 Å². The lowest BCUT2D eigenvalue weighted by Gasteiger charge is -2.10. The van der Waals surface area contributed by atoms with Crippen molar-refractivity contribution >= 4 is 21.7 Å². The minimum Gasteiger partial charge on any atom is -0.294 e. The molecule has 5 heteroatoms. The summed E-state index contributed by atoms with van der Waals surface area (Å²) in [5.41, 5.74) is -1.21. The SMILES string of the molecule is CC(=O)c1cc(Br)ccc1C(F)(F)F. The van der Waals surface area contributed by atoms with E-state index in [1.807, 2.05) is 0 Å². The van der Waals surface area contributed by atoms with Crippen molar-refractivity contribution in [2.24, 2.45) is 0 Å². The van der Waals surface area contributed by atoms with E-state index in [0.29, 0.717) is 4.47 Å². The molecule has 0 radical (unpaired) electrons. The van der Waals surface area contributed by atoms with Crippen molar-refractivity contribution in [1.82, 2.24) is 0 Å². The van der Waals surface area contributed by atoms with Crippen LogP contribution in [0.25, 0.3) is 0 Å². The molecule has 0 fully saturated rings. The fourth-order valence-electron chi connectivity index (χ4n) is 1.05. The van der Waals surface area contributed by atoms with Crippen molar-refractivity contribution in [1.29, 1.82) is 0 Å². The molecule has 0 atom stereocenters. The van der Waals surface area contributed by atoms with Gasteiger partial charge < -0.3 is 0 Å². The number of rotatable bonds is 1. The van der Waals surface area contributed by atoms with Crippen LogP contribution in [0.15, 0.2) is 22.7 Å². The lowest BCUT2D eigenvalue weighted by molar-refractivity contribution is -0.137. The highest BCUT2D eigenvalue weighted by atomic mass is 79.9. The highest BCUT2D eigenvalue weighted by molar-refractivity contribution is 9.10. The van der Waals surface area contributed by atoms with E-state index in [2.05, 4.69) is 15.9 Å². The summed E-state index contributed by atoms with van der Waals surface area (Å²) in [6, 6.07) is 3.32. The van der Waals surface area contributed by atoms with Crippen molar-refractivity contribution in [3.8, 4) is 0 Å². The Bertz CT molecular complexity index is 371. The molecule has 0 bridgehead atoms. The quantitative estimate of drug-likeness (QED) is 0.709. The van der Waals surface area contributed by atoms with Crippen molar-refractivity contribution in [2.45, 2.75) is 13.1 Å². The molecule has 0 aliphatic rings. The number of benzene rings is 1. The Kier molecular flexibility index (Phi) is 2.99. The first-order valence-corrected chi connectivity index (χ1v) is 4.49. The monoisotopic (exact) mass is 266 g/mol. The van der Waals surface area contributed by atoms with Crippen molar-refractivity contribution in [3.63, 3.8) is 0 Å². The van der Waals surface area contributed by atoms with Crippen LogP contribution in [0.4, 0.5) is 13.2 Å². The lowest BCUT2D eigenvalue weighted by Crippen LogP contribution is -2.11. The molecule has 0 saturated heterocycles. The molecule has 1 aromatic rings. The van der Waals surface area contributed by atoms with E-state index >= 15 is 0 Å². The van der Waals surface area contributed by atoms with Crippen LogP contribution in [0.2, 0.25) is 0 Å². The van der Waals surface area contributed by atoms with Gasteiger partial charge in [0.2, 0.25) is 0 Å². The third-order valence-corrected chi connectivity index (χ3v) is 2.16. The van der Waals surface area contributed by atoms with E-state index in [1.165, 1.54) is 12.1 Å². The molecule has 76 valence electrons. The summed E-state index contributed by atoms with van der Waals surface area (Å²) in [5, 5.41) is 0. The summed E-state index contributed by atoms with van der Waals surface area (Å²) in [6.45, 7) is 1.11. The van der Waals surface area contributed by atoms with Gasteiger partial charge in [0.15, 0.2) is 5.78 Å². The number of carbonyl (C=O) groups excluding carboxylic acids is 1. The average Bonchev–Trinajstić information content (AvgIpc) is 2.01. The van der Waals surface area contributed by atoms with Gasteiger partial charge in [-0.25, -0.2) is 0 Å². The van der Waals surface area contributed by atoms with Crippen molar-refractivity contribution < 1.29 is 18.0 Å². The third kappa shape index (κ3) is 2.35. The van der Waals surface area contributed by atoms with Crippen LogP contribution >= 0.6 is 15.9 Å². The normalized spacial score (nSPS) is 11.5. The molecule has 1 nitrogen and oxygen atoms in total. The number of halogens is 4. The topological polar surface area (TPSA) is 17.1 Å². The fraction of sp³-hybridized carbons (Fsp3) is 0.222. The van der Waals surface area contributed by atoms with E-state index < -0.39 is 17.5 Å². The number of carbonyl (C=O) groups is 1. The number of Topliss-reactive ketones (excluding diaryl/α,β-unsaturated/α-hetero) is 1. The fourth-order valence-corrected chi connectivity index (χ4v) is 1.42. The maximum absolute atomic E-state index is 12.4. The molecule has 1 rings (SSSR count). The molecular formula is C9H6BrF3O. The maximum Gasteiger partial charge on any atom is 0.417 e. The van der Waals surface area contributed by atoms with E-state index in [9.17, 15) is 18.0 Å². The highest BCUT2D eigenvalue weighted by Crippen LogP contribution is 2.33. The van der Waals surface area contributed by atoms with Crippen LogP contribution < -0.4 is 0 Å². The molecule has 0 spiro atoms. The van der Waals surface area contributed by atoms with Gasteiger partial charge in [0, 0.05) is 10.0 Å². The number of ketones is 1. The smallest absolute Gasteiger partial charge is 0.294 e. The molecule has 0 aliphatic carbocycles. The zero-order valence-corrected chi connectivity index (χ0v) is 8.74. The Morgan fingerprint density at radius 2 is 1.93 bits per heavy atom. The molecule has 0 heterocycles. The zero-order valence-electron chi connectivity index (χ0n) is 7.15. The van der Waals surface area contributed by atoms with E-state index in [-0.39, 0.29) is 5.56 Å². The van der Waals surface area contributed by atoms with Crippen LogP contribution in [0.1, 0.15) is 22.8 Å². The largest absolute Gasteiger partial charge is 0.417 e. The van der Waals surface area contributed by atoms with Crippen LogP contribution in [0.5, 0.6) is 0 Å². The van der Waals surface area contributed by atoms with E-state index in [0.717, 1.165) is 13.0 Å². The second kappa shape index (κ2) is 3.73. The Labute approximate surface area is 87.1 Å². The molecule has 0 aliphatic heterocycles. The third-order valence-electron chi connectivity index (χ3n) is 1.67. The summed E-state index contributed by atoms with van der Waals surface area (Å²) >= 11 is 3.01.